The highest BCUT2D eigenvalue weighted by molar-refractivity contribution is 9.10. The molecule has 0 bridgehead atoms. The number of nitrogens with one attached hydrogen (secondary N) is 9. The van der Waals surface area contributed by atoms with Crippen LogP contribution in [0.4, 0.5) is 70.2 Å². The smallest absolute Gasteiger partial charge is 0.312 e. The van der Waals surface area contributed by atoms with Crippen LogP contribution in [0.15, 0.2) is 0 Å². The van der Waals surface area contributed by atoms with Crippen molar-refractivity contribution < 1.29 is 95.5 Å². The van der Waals surface area contributed by atoms with E-state index >= 15 is 0 Å². The molecule has 0 heterocycles. The van der Waals surface area contributed by atoms with Gasteiger partial charge in [-0.1, -0.05) is 69.2 Å². The average molecular weight is 1690 g/mol. The fourth-order valence-corrected chi connectivity index (χ4v) is 9.59. The van der Waals surface area contributed by atoms with Crippen LogP contribution >= 0.6 is 15.9 Å². The van der Waals surface area contributed by atoms with Gasteiger partial charge in [0.1, 0.15) is 5.54 Å². The summed E-state index contributed by atoms with van der Waals surface area (Å²) in [5, 5.41) is 32.4. The highest BCUT2D eigenvalue weighted by Gasteiger charge is 2.63. The topological polar surface area (TPSA) is 268 Å². The van der Waals surface area contributed by atoms with Gasteiger partial charge in [-0.25, -0.2) is 48.2 Å². The quantitative estimate of drug-likeness (QED) is 0.0210. The van der Waals surface area contributed by atoms with E-state index in [1.165, 1.54) is 38.6 Å². The van der Waals surface area contributed by atoms with Gasteiger partial charge in [0.15, 0.2) is 5.75 Å². The molecule has 105 heavy (non-hydrogen) atoms. The van der Waals surface area contributed by atoms with Gasteiger partial charge in [0.05, 0.1) is 62.9 Å². The number of rotatable bonds is 27. The molecule has 3 aliphatic carbocycles. The van der Waals surface area contributed by atoms with E-state index in [9.17, 15) is 95.5 Å². The summed E-state index contributed by atoms with van der Waals surface area (Å²) in [4.78, 5) is 2.64. The second-order valence-corrected chi connectivity index (χ2v) is 35.2. The van der Waals surface area contributed by atoms with Gasteiger partial charge in [-0.2, -0.15) is 72.0 Å². The van der Waals surface area contributed by atoms with Gasteiger partial charge >= 0.3 is 29.5 Å². The number of hydrogen-bond donors (Lipinski definition) is 9. The first-order chi connectivity index (χ1) is 46.6. The molecule has 0 radical (unpaired) electrons. The SMILES string of the molecule is CC(C)N(C)C.CC(C)N(C)CC#N.CC(C)N(C)CC(F)(F)F.CC(C)NC1(C(F)(F)F)CC1.CC(C)NC1CC1.CC(C)NCC#N.CC(C)NCC(F)(F)Br.CC(C)NCC(F)(F)F.CC(C)NCC(F)F.CC(C)NS(=O)(=O)C1CC1.CC(C)NS(=O)(=O)CC(F)(F)F.CC(C)NS(C)(=O)=O. The van der Waals surface area contributed by atoms with Gasteiger partial charge in [-0.15, -0.1) is 0 Å². The molecule has 9 N–H and O–H groups in total. The largest absolute Gasteiger partial charge is 0.406 e. The van der Waals surface area contributed by atoms with Crippen LogP contribution in [-0.4, -0.2) is 245 Å². The molecule has 0 saturated heterocycles. The molecule has 0 atom stereocenters. The molecule has 0 aromatic carbocycles. The minimum atomic E-state index is -4.68. The maximum absolute atomic E-state index is 12.2. The first-order valence-electron chi connectivity index (χ1n) is 34.5. The lowest BCUT2D eigenvalue weighted by molar-refractivity contribution is -0.167. The molecule has 3 fully saturated rings. The minimum absolute atomic E-state index is 0.00463. The second-order valence-electron chi connectivity index (χ2n) is 28.5. The molecule has 0 aromatic heterocycles. The standard InChI is InChI=1S/C7H12F3N.C6H12F3N.C6H12N2.C6H13NO2S.C6H13N.C5H10BrF2N.C5H10F3NO2S.C5H10F3N.C5H11F2N.C5H10N2.C5H13N.C4H11NO2S/c1-5(2)11-6(3-4-6)7(8,9)10;1-5(2)10(3)4-6(7,8)9;1-6(2)8(3)5-4-7;1-5(2)7-10(8,9)6-3-4-6;1-5(2)7-6-3-4-6;1-4(2)9-3-5(6,7)8;1-4(2)9-12(10,11)3-5(6,7)8;1-4(2)9-3-5(6,7)8;1-4(2)8-3-5(6)7;1-5(2)7-4-3-6;1-5(2)6(3)4;1-4(2)5-8(3,6)7/h5,11H,3-4H2,1-2H3;5H,4H2,1-3H3;6H,5H2,1-3H3;5-7H,3-4H2,1-2H3;5-7H,3-4H2,1-2H3;4,9H,3H2,1-2H3;4,9H,3H2,1-2H3;4,9H,3H2,1-2H3;4-5,8H,3H2,1-2H3;5,7H,4H2,1-2H3;5H,1-4H3;4-5H,1-3H3. The van der Waals surface area contributed by atoms with E-state index in [1.54, 1.807) is 55.4 Å². The third-order valence-corrected chi connectivity index (χ3v) is 16.7. The average Bonchev–Trinajstić information content (AvgIpc) is 1.61. The van der Waals surface area contributed by atoms with E-state index in [2.05, 4.69) is 124 Å². The predicted octanol–water partition coefficient (Wildman–Crippen LogP) is 13.5. The Bertz CT molecular complexity index is 2450. The summed E-state index contributed by atoms with van der Waals surface area (Å²) in [7, 11) is -2.58. The van der Waals surface area contributed by atoms with E-state index in [0.29, 0.717) is 37.3 Å². The summed E-state index contributed by atoms with van der Waals surface area (Å²) < 4.78 is 258. The molecule has 0 spiro atoms. The van der Waals surface area contributed by atoms with Crippen molar-refractivity contribution in [1.82, 2.24) is 60.8 Å². The maximum Gasteiger partial charge on any atom is 0.406 e. The summed E-state index contributed by atoms with van der Waals surface area (Å²) in [6, 6.07) is 6.75. The molecule has 0 aromatic rings. The maximum atomic E-state index is 12.2. The van der Waals surface area contributed by atoms with Crippen molar-refractivity contribution in [3.05, 3.63) is 0 Å². The Morgan fingerprint density at radius 2 is 0.857 bits per heavy atom. The van der Waals surface area contributed by atoms with Gasteiger partial charge in [0.25, 0.3) is 6.43 Å². The Morgan fingerprint density at radius 1 is 0.476 bits per heavy atom. The minimum Gasteiger partial charge on any atom is -0.312 e. The molecule has 0 unspecified atom stereocenters. The van der Waals surface area contributed by atoms with Gasteiger partial charge in [-0.05, 0) is 180 Å². The summed E-state index contributed by atoms with van der Waals surface area (Å²) in [6.45, 7) is 43.3. The molecule has 640 valence electrons. The highest BCUT2D eigenvalue weighted by atomic mass is 79.9. The van der Waals surface area contributed by atoms with Crippen molar-refractivity contribution in [1.29, 1.82) is 10.5 Å². The van der Waals surface area contributed by atoms with E-state index in [1.807, 2.05) is 78.1 Å². The van der Waals surface area contributed by atoms with Crippen LogP contribution in [-0.2, 0) is 30.1 Å². The van der Waals surface area contributed by atoms with Crippen molar-refractivity contribution in [2.24, 2.45) is 0 Å². The summed E-state index contributed by atoms with van der Waals surface area (Å²) >= 11 is 2.21. The summed E-state index contributed by atoms with van der Waals surface area (Å²) in [6.07, 6.45) is -13.0. The van der Waals surface area contributed by atoms with E-state index in [4.69, 9.17) is 10.5 Å². The van der Waals surface area contributed by atoms with Gasteiger partial charge in [0.2, 0.25) is 30.1 Å². The third kappa shape index (κ3) is 113. The first kappa shape index (κ1) is 121. The second kappa shape index (κ2) is 61.3. The molecule has 0 aliphatic heterocycles. The van der Waals surface area contributed by atoms with Gasteiger partial charge in [0, 0.05) is 78.5 Å². The fourth-order valence-electron chi connectivity index (χ4n) is 5.73. The molecule has 3 aliphatic rings. The van der Waals surface area contributed by atoms with Crippen molar-refractivity contribution in [2.75, 3.05) is 79.5 Å². The molecule has 3 rings (SSSR count). The van der Waals surface area contributed by atoms with Crippen LogP contribution in [0.2, 0.25) is 0 Å². The molecule has 0 amide bonds. The summed E-state index contributed by atoms with van der Waals surface area (Å²) in [5.74, 6) is -1.82. The molecule has 20 nitrogen and oxygen atoms in total. The van der Waals surface area contributed by atoms with Crippen LogP contribution in [0.3, 0.4) is 0 Å². The molecular weight excluding hydrogens is 1550 g/mol. The number of hydrogen-bond acceptors (Lipinski definition) is 17. The Labute approximate surface area is 631 Å². The number of nitrogens with zero attached hydrogens (tertiary/aromatic N) is 5. The lowest BCUT2D eigenvalue weighted by Crippen LogP contribution is -2.47. The Balaban J connectivity index is -0.000000137. The van der Waals surface area contributed by atoms with E-state index in [-0.39, 0.29) is 73.5 Å². The van der Waals surface area contributed by atoms with Crippen LogP contribution in [0, 0.1) is 22.7 Å². The number of sulfonamides is 3. The number of halogens is 17. The van der Waals surface area contributed by atoms with Crippen molar-refractivity contribution in [3.63, 3.8) is 0 Å². The Hall–Kier alpha value is -2.29. The third-order valence-electron chi connectivity index (χ3n) is 11.8. The zero-order valence-corrected chi connectivity index (χ0v) is 71.7. The van der Waals surface area contributed by atoms with Crippen LogP contribution in [0.25, 0.3) is 0 Å². The fraction of sp³-hybridized carbons (Fsp3) is 0.969. The molecule has 3 saturated carbocycles. The zero-order valence-electron chi connectivity index (χ0n) is 67.7. The lowest BCUT2D eigenvalue weighted by Gasteiger charge is -2.22. The van der Waals surface area contributed by atoms with Crippen LogP contribution < -0.4 is 46.1 Å². The van der Waals surface area contributed by atoms with E-state index in [0.717, 1.165) is 25.1 Å². The Kier molecular flexibility index (Phi) is 70.7. The van der Waals surface area contributed by atoms with Gasteiger partial charge < -0.3 is 36.8 Å². The first-order valence-corrected chi connectivity index (χ1v) is 40.4. The van der Waals surface area contributed by atoms with E-state index < -0.39 is 96.5 Å². The highest BCUT2D eigenvalue weighted by Crippen LogP contribution is 2.49. The zero-order chi connectivity index (χ0) is 85.9. The number of nitriles is 2. The monoisotopic (exact) mass is 1690 g/mol. The molecule has 40 heteroatoms. The normalized spacial score (nSPS) is 14.4. The molecular formula is C65H137BrF16N14O6S3. The van der Waals surface area contributed by atoms with Crippen molar-refractivity contribution in [2.45, 2.75) is 330 Å². The van der Waals surface area contributed by atoms with Crippen LogP contribution in [0.5, 0.6) is 0 Å². The number of alkyl halides is 17. The Morgan fingerprint density at radius 3 is 0.990 bits per heavy atom. The van der Waals surface area contributed by atoms with Crippen molar-refractivity contribution >= 4 is 46.0 Å². The van der Waals surface area contributed by atoms with Gasteiger partial charge in [-0.3, -0.25) is 9.80 Å². The lowest BCUT2D eigenvalue weighted by atomic mass is 10.2. The van der Waals surface area contributed by atoms with Crippen LogP contribution in [0.1, 0.15) is 205 Å². The predicted molar refractivity (Wildman–Crippen MR) is 399 cm³/mol. The van der Waals surface area contributed by atoms with Crippen molar-refractivity contribution in [3.8, 4) is 12.1 Å². The summed E-state index contributed by atoms with van der Waals surface area (Å²) in [5.41, 5.74) is -1.54.